The standard InChI is InChI=1S/C28H29N5O2/c1-27-9-5-10-28(27,2)16-33(13-11-27)26-18(14-17-6-3-4-7-19(17)32-26)21-15-22(34)23-20(31-21)8-12-30-24(23)25(29)35/h3-4,6-8,12,14-15H,5,9-11,13,16H2,1-2H3,(H2,29,35)(H,31,34)/t27-,28+/m0/s1. The van der Waals surface area contributed by atoms with Crippen molar-refractivity contribution in [3.05, 3.63) is 64.6 Å². The lowest BCUT2D eigenvalue weighted by Crippen LogP contribution is -2.50. The highest BCUT2D eigenvalue weighted by molar-refractivity contribution is 6.04. The molecule has 1 aromatic carbocycles. The van der Waals surface area contributed by atoms with Crippen molar-refractivity contribution in [2.45, 2.75) is 39.5 Å². The van der Waals surface area contributed by atoms with E-state index >= 15 is 0 Å². The van der Waals surface area contributed by atoms with Crippen molar-refractivity contribution in [2.75, 3.05) is 18.0 Å². The molecule has 0 unspecified atom stereocenters. The highest BCUT2D eigenvalue weighted by Gasteiger charge is 2.51. The number of carbonyl (C=O) groups excluding carboxylic acids is 1. The van der Waals surface area contributed by atoms with Crippen LogP contribution in [0.25, 0.3) is 33.1 Å². The molecule has 3 N–H and O–H groups in total. The summed E-state index contributed by atoms with van der Waals surface area (Å²) in [5.41, 5.74) is 8.77. The smallest absolute Gasteiger partial charge is 0.268 e. The average Bonchev–Trinajstić information content (AvgIpc) is 3.16. The molecule has 4 aromatic rings. The largest absolute Gasteiger partial charge is 0.364 e. The van der Waals surface area contributed by atoms with E-state index in [1.807, 2.05) is 24.3 Å². The predicted octanol–water partition coefficient (Wildman–Crippen LogP) is 4.64. The number of carbonyl (C=O) groups is 1. The third-order valence-corrected chi connectivity index (χ3v) is 8.66. The molecule has 35 heavy (non-hydrogen) atoms. The third kappa shape index (κ3) is 3.32. The van der Waals surface area contributed by atoms with E-state index in [9.17, 15) is 9.59 Å². The van der Waals surface area contributed by atoms with Gasteiger partial charge in [0.15, 0.2) is 5.43 Å². The number of nitrogens with one attached hydrogen (secondary N) is 1. The molecule has 2 atom stereocenters. The Morgan fingerprint density at radius 3 is 2.71 bits per heavy atom. The predicted molar refractivity (Wildman–Crippen MR) is 139 cm³/mol. The van der Waals surface area contributed by atoms with Gasteiger partial charge in [-0.1, -0.05) is 38.5 Å². The fraction of sp³-hybridized carbons (Fsp3) is 0.357. The number of amides is 1. The van der Waals surface area contributed by atoms with Crippen LogP contribution in [0.15, 0.2) is 53.5 Å². The van der Waals surface area contributed by atoms with Crippen molar-refractivity contribution >= 4 is 33.5 Å². The van der Waals surface area contributed by atoms with E-state index in [4.69, 9.17) is 10.7 Å². The molecule has 0 spiro atoms. The number of anilines is 1. The van der Waals surface area contributed by atoms with Gasteiger partial charge >= 0.3 is 0 Å². The Morgan fingerprint density at radius 1 is 1.09 bits per heavy atom. The Morgan fingerprint density at radius 2 is 1.89 bits per heavy atom. The van der Waals surface area contributed by atoms with Gasteiger partial charge in [0.05, 0.1) is 22.1 Å². The quantitative estimate of drug-likeness (QED) is 0.457. The van der Waals surface area contributed by atoms with Crippen molar-refractivity contribution < 1.29 is 4.79 Å². The summed E-state index contributed by atoms with van der Waals surface area (Å²) >= 11 is 0. The van der Waals surface area contributed by atoms with E-state index in [0.29, 0.717) is 16.6 Å². The number of rotatable bonds is 3. The first-order valence-corrected chi connectivity index (χ1v) is 12.3. The minimum atomic E-state index is -0.719. The summed E-state index contributed by atoms with van der Waals surface area (Å²) in [6, 6.07) is 13.4. The van der Waals surface area contributed by atoms with Crippen LogP contribution >= 0.6 is 0 Å². The van der Waals surface area contributed by atoms with Gasteiger partial charge in [-0.15, -0.1) is 0 Å². The normalized spacial score (nSPS) is 24.1. The summed E-state index contributed by atoms with van der Waals surface area (Å²) < 4.78 is 0. The topological polar surface area (TPSA) is 105 Å². The van der Waals surface area contributed by atoms with Crippen LogP contribution in [0.5, 0.6) is 0 Å². The number of fused-ring (bicyclic) bond motifs is 3. The summed E-state index contributed by atoms with van der Waals surface area (Å²) in [6.07, 6.45) is 6.39. The Kier molecular flexibility index (Phi) is 4.75. The molecule has 1 aliphatic heterocycles. The van der Waals surface area contributed by atoms with Gasteiger partial charge in [-0.05, 0) is 48.3 Å². The summed E-state index contributed by atoms with van der Waals surface area (Å²) in [5.74, 6) is 0.168. The van der Waals surface area contributed by atoms with Crippen molar-refractivity contribution in [3.63, 3.8) is 0 Å². The number of H-pyrrole nitrogens is 1. The van der Waals surface area contributed by atoms with Crippen molar-refractivity contribution in [1.82, 2.24) is 15.0 Å². The van der Waals surface area contributed by atoms with Crippen LogP contribution in [0.2, 0.25) is 0 Å². The minimum Gasteiger partial charge on any atom is -0.364 e. The lowest BCUT2D eigenvalue weighted by molar-refractivity contribution is 0.0821. The number of nitrogens with two attached hydrogens (primary N) is 1. The highest BCUT2D eigenvalue weighted by atomic mass is 16.1. The zero-order valence-electron chi connectivity index (χ0n) is 20.1. The molecule has 1 saturated carbocycles. The van der Waals surface area contributed by atoms with Crippen LogP contribution in [0.3, 0.4) is 0 Å². The van der Waals surface area contributed by atoms with Gasteiger partial charge in [-0.25, -0.2) is 4.98 Å². The maximum absolute atomic E-state index is 13.2. The number of aromatic nitrogens is 3. The summed E-state index contributed by atoms with van der Waals surface area (Å²) in [5, 5.41) is 1.22. The van der Waals surface area contributed by atoms with E-state index in [-0.39, 0.29) is 21.9 Å². The second kappa shape index (κ2) is 7.63. The van der Waals surface area contributed by atoms with Gasteiger partial charge < -0.3 is 15.6 Å². The number of piperidine rings is 1. The third-order valence-electron chi connectivity index (χ3n) is 8.66. The zero-order chi connectivity index (χ0) is 24.4. The molecular weight excluding hydrogens is 438 g/mol. The van der Waals surface area contributed by atoms with Gasteiger partial charge in [-0.3, -0.25) is 14.6 Å². The van der Waals surface area contributed by atoms with E-state index in [1.54, 1.807) is 6.07 Å². The molecule has 2 fully saturated rings. The molecule has 1 aliphatic carbocycles. The van der Waals surface area contributed by atoms with E-state index in [1.165, 1.54) is 31.5 Å². The number of para-hydroxylation sites is 1. The van der Waals surface area contributed by atoms with E-state index < -0.39 is 5.91 Å². The zero-order valence-corrected chi connectivity index (χ0v) is 20.1. The van der Waals surface area contributed by atoms with E-state index in [2.05, 4.69) is 34.8 Å². The molecule has 7 heteroatoms. The first-order valence-electron chi connectivity index (χ1n) is 12.3. The Bertz CT molecular complexity index is 1560. The average molecular weight is 468 g/mol. The lowest BCUT2D eigenvalue weighted by atomic mass is 9.63. The second-order valence-corrected chi connectivity index (χ2v) is 10.7. The van der Waals surface area contributed by atoms with Gasteiger partial charge in [0.1, 0.15) is 11.5 Å². The maximum Gasteiger partial charge on any atom is 0.268 e. The lowest BCUT2D eigenvalue weighted by Gasteiger charge is -2.50. The summed E-state index contributed by atoms with van der Waals surface area (Å²) in [4.78, 5) is 40.0. The summed E-state index contributed by atoms with van der Waals surface area (Å²) in [7, 11) is 0. The number of pyridine rings is 3. The van der Waals surface area contributed by atoms with Gasteiger partial charge in [0.2, 0.25) is 0 Å². The van der Waals surface area contributed by atoms with Crippen LogP contribution in [-0.2, 0) is 0 Å². The number of hydrogen-bond acceptors (Lipinski definition) is 5. The molecule has 2 aliphatic rings. The van der Waals surface area contributed by atoms with Gasteiger partial charge in [0.25, 0.3) is 5.91 Å². The van der Waals surface area contributed by atoms with Crippen molar-refractivity contribution in [2.24, 2.45) is 16.6 Å². The fourth-order valence-electron chi connectivity index (χ4n) is 6.31. The molecular formula is C28H29N5O2. The van der Waals surface area contributed by atoms with Crippen LogP contribution < -0.4 is 16.1 Å². The molecule has 3 aromatic heterocycles. The molecule has 6 rings (SSSR count). The molecule has 4 heterocycles. The minimum absolute atomic E-state index is 0.0170. The molecule has 0 radical (unpaired) electrons. The van der Waals surface area contributed by atoms with Gasteiger partial charge in [0, 0.05) is 36.3 Å². The number of aromatic amines is 1. The van der Waals surface area contributed by atoms with E-state index in [0.717, 1.165) is 41.8 Å². The molecule has 178 valence electrons. The molecule has 1 saturated heterocycles. The van der Waals surface area contributed by atoms with Crippen LogP contribution in [0, 0.1) is 10.8 Å². The van der Waals surface area contributed by atoms with Crippen LogP contribution in [-0.4, -0.2) is 33.9 Å². The first kappa shape index (κ1) is 21.8. The number of benzene rings is 1. The second-order valence-electron chi connectivity index (χ2n) is 10.7. The fourth-order valence-corrected chi connectivity index (χ4v) is 6.31. The van der Waals surface area contributed by atoms with Crippen LogP contribution in [0.4, 0.5) is 5.82 Å². The van der Waals surface area contributed by atoms with Crippen molar-refractivity contribution in [1.29, 1.82) is 0 Å². The Hall–Kier alpha value is -3.74. The number of hydrogen-bond donors (Lipinski definition) is 2. The van der Waals surface area contributed by atoms with Crippen LogP contribution in [0.1, 0.15) is 50.0 Å². The Balaban J connectivity index is 1.55. The molecule has 7 nitrogen and oxygen atoms in total. The number of primary amides is 1. The summed E-state index contributed by atoms with van der Waals surface area (Å²) in [6.45, 7) is 6.73. The Labute approximate surface area is 203 Å². The first-order chi connectivity index (χ1) is 16.8. The van der Waals surface area contributed by atoms with Gasteiger partial charge in [-0.2, -0.15) is 0 Å². The molecule has 1 amide bonds. The number of nitrogens with zero attached hydrogens (tertiary/aromatic N) is 3. The maximum atomic E-state index is 13.2. The monoisotopic (exact) mass is 467 g/mol. The van der Waals surface area contributed by atoms with Crippen molar-refractivity contribution in [3.8, 4) is 11.3 Å². The SMILES string of the molecule is C[C@@]12CCC[C@]1(C)CN(c1nc3ccccc3cc1-c1cc(=O)c3c(C(N)=O)nccc3[nH]1)CC2. The molecule has 0 bridgehead atoms. The highest BCUT2D eigenvalue weighted by Crippen LogP contribution is 2.57.